The van der Waals surface area contributed by atoms with Crippen LogP contribution in [0, 0.1) is 5.82 Å². The number of halogens is 4. The Balaban J connectivity index is 0. The van der Waals surface area contributed by atoms with Gasteiger partial charge >= 0.3 is 0 Å². The molecule has 1 aliphatic rings. The first-order valence-corrected chi connectivity index (χ1v) is 9.38. The van der Waals surface area contributed by atoms with Crippen molar-refractivity contribution in [2.24, 2.45) is 5.73 Å². The summed E-state index contributed by atoms with van der Waals surface area (Å²) in [6, 6.07) is 6.68. The first-order chi connectivity index (χ1) is 12.2. The molecule has 0 unspecified atom stereocenters. The molecule has 1 amide bonds. The van der Waals surface area contributed by atoms with Gasteiger partial charge in [0.1, 0.15) is 5.82 Å². The van der Waals surface area contributed by atoms with E-state index in [9.17, 15) is 9.18 Å². The van der Waals surface area contributed by atoms with Crippen molar-refractivity contribution in [2.45, 2.75) is 32.1 Å². The number of unbranched alkanes of at least 4 members (excludes halogenated alkanes) is 3. The molecule has 2 rings (SSSR count). The number of carbonyl (C=O) groups is 1. The van der Waals surface area contributed by atoms with Crippen LogP contribution in [0.3, 0.4) is 0 Å². The SMILES string of the molecule is Cl.Cl.Cl.NCCCCCCC(=O)NCCN1CCN(c2ccc(F)cc2)CC1. The number of nitrogens with zero attached hydrogens (tertiary/aromatic N) is 2. The molecule has 0 bridgehead atoms. The predicted molar refractivity (Wildman–Crippen MR) is 122 cm³/mol. The van der Waals surface area contributed by atoms with Crippen LogP contribution >= 0.6 is 37.2 Å². The quantitative estimate of drug-likeness (QED) is 0.527. The second-order valence-electron chi connectivity index (χ2n) is 6.61. The maximum absolute atomic E-state index is 13.0. The van der Waals surface area contributed by atoms with Crippen LogP contribution < -0.4 is 16.0 Å². The van der Waals surface area contributed by atoms with Gasteiger partial charge in [0.05, 0.1) is 0 Å². The molecular weight excluding hydrogens is 426 g/mol. The Bertz CT molecular complexity index is 514. The Labute approximate surface area is 186 Å². The lowest BCUT2D eigenvalue weighted by Gasteiger charge is -2.36. The minimum atomic E-state index is -0.197. The van der Waals surface area contributed by atoms with Gasteiger partial charge in [0.15, 0.2) is 0 Å². The lowest BCUT2D eigenvalue weighted by atomic mass is 10.1. The number of benzene rings is 1. The Kier molecular flexibility index (Phi) is 18.0. The van der Waals surface area contributed by atoms with Crippen molar-refractivity contribution >= 4 is 48.8 Å². The van der Waals surface area contributed by atoms with Gasteiger partial charge in [0, 0.05) is 51.4 Å². The van der Waals surface area contributed by atoms with E-state index in [-0.39, 0.29) is 48.9 Å². The summed E-state index contributed by atoms with van der Waals surface area (Å²) in [5, 5.41) is 3.01. The maximum atomic E-state index is 13.0. The Morgan fingerprint density at radius 2 is 1.57 bits per heavy atom. The number of anilines is 1. The van der Waals surface area contributed by atoms with Crippen LogP contribution in [0.5, 0.6) is 0 Å². The third-order valence-electron chi connectivity index (χ3n) is 4.67. The fourth-order valence-electron chi connectivity index (χ4n) is 3.11. The molecule has 0 saturated carbocycles. The van der Waals surface area contributed by atoms with Crippen molar-refractivity contribution in [1.29, 1.82) is 0 Å². The average molecular weight is 460 g/mol. The standard InChI is InChI=1S/C19H31FN4O.3ClH/c20-17-6-8-18(9-7-17)24-15-13-23(14-16-24)12-11-22-19(25)5-3-1-2-4-10-21;;;/h6-9H,1-5,10-16,21H2,(H,22,25);3*1H. The number of amides is 1. The summed E-state index contributed by atoms with van der Waals surface area (Å²) in [5.74, 6) is -0.0461. The second-order valence-corrected chi connectivity index (χ2v) is 6.61. The van der Waals surface area contributed by atoms with Gasteiger partial charge in [0.2, 0.25) is 5.91 Å². The van der Waals surface area contributed by atoms with E-state index in [4.69, 9.17) is 5.73 Å². The molecule has 0 spiro atoms. The van der Waals surface area contributed by atoms with Gasteiger partial charge in [-0.25, -0.2) is 4.39 Å². The lowest BCUT2D eigenvalue weighted by molar-refractivity contribution is -0.121. The largest absolute Gasteiger partial charge is 0.369 e. The van der Waals surface area contributed by atoms with E-state index >= 15 is 0 Å². The molecule has 5 nitrogen and oxygen atoms in total. The molecule has 0 aliphatic carbocycles. The van der Waals surface area contributed by atoms with E-state index in [1.54, 1.807) is 0 Å². The van der Waals surface area contributed by atoms with Crippen molar-refractivity contribution in [1.82, 2.24) is 10.2 Å². The van der Waals surface area contributed by atoms with Crippen LogP contribution in [0.1, 0.15) is 32.1 Å². The molecule has 1 aromatic rings. The van der Waals surface area contributed by atoms with Crippen LogP contribution in [0.2, 0.25) is 0 Å². The Morgan fingerprint density at radius 3 is 2.18 bits per heavy atom. The first-order valence-electron chi connectivity index (χ1n) is 9.38. The van der Waals surface area contributed by atoms with E-state index in [1.807, 2.05) is 12.1 Å². The van der Waals surface area contributed by atoms with Crippen LogP contribution in [0.4, 0.5) is 10.1 Å². The normalized spacial score (nSPS) is 13.7. The average Bonchev–Trinajstić information content (AvgIpc) is 2.63. The van der Waals surface area contributed by atoms with Crippen molar-refractivity contribution in [3.05, 3.63) is 30.1 Å². The van der Waals surface area contributed by atoms with Crippen LogP contribution in [-0.2, 0) is 4.79 Å². The van der Waals surface area contributed by atoms with Crippen molar-refractivity contribution in [2.75, 3.05) is 50.7 Å². The van der Waals surface area contributed by atoms with Crippen LogP contribution in [0.15, 0.2) is 24.3 Å². The zero-order valence-corrected chi connectivity index (χ0v) is 18.7. The fourth-order valence-corrected chi connectivity index (χ4v) is 3.11. The van der Waals surface area contributed by atoms with E-state index in [2.05, 4.69) is 15.1 Å². The van der Waals surface area contributed by atoms with Crippen molar-refractivity contribution in [3.63, 3.8) is 0 Å². The van der Waals surface area contributed by atoms with Gasteiger partial charge in [-0.1, -0.05) is 12.8 Å². The van der Waals surface area contributed by atoms with E-state index in [0.29, 0.717) is 13.0 Å². The summed E-state index contributed by atoms with van der Waals surface area (Å²) in [4.78, 5) is 16.4. The first kappa shape index (κ1) is 29.4. The van der Waals surface area contributed by atoms with Gasteiger partial charge in [-0.2, -0.15) is 0 Å². The number of hydrogen-bond donors (Lipinski definition) is 2. The minimum Gasteiger partial charge on any atom is -0.369 e. The molecule has 164 valence electrons. The third-order valence-corrected chi connectivity index (χ3v) is 4.67. The highest BCUT2D eigenvalue weighted by atomic mass is 35.5. The Morgan fingerprint density at radius 1 is 0.964 bits per heavy atom. The highest BCUT2D eigenvalue weighted by Crippen LogP contribution is 2.16. The summed E-state index contributed by atoms with van der Waals surface area (Å²) in [7, 11) is 0. The topological polar surface area (TPSA) is 61.6 Å². The van der Waals surface area contributed by atoms with Gasteiger partial charge in [-0.05, 0) is 43.7 Å². The van der Waals surface area contributed by atoms with Crippen molar-refractivity contribution < 1.29 is 9.18 Å². The molecule has 0 atom stereocenters. The highest BCUT2D eigenvalue weighted by molar-refractivity contribution is 5.86. The molecule has 0 aromatic heterocycles. The van der Waals surface area contributed by atoms with E-state index in [1.165, 1.54) is 12.1 Å². The number of rotatable bonds is 10. The van der Waals surface area contributed by atoms with Gasteiger partial charge in [-0.15, -0.1) is 37.2 Å². The zero-order valence-electron chi connectivity index (χ0n) is 16.3. The summed E-state index contributed by atoms with van der Waals surface area (Å²) in [6.07, 6.45) is 4.80. The summed E-state index contributed by atoms with van der Waals surface area (Å²) < 4.78 is 13.0. The highest BCUT2D eigenvalue weighted by Gasteiger charge is 2.17. The Hall–Kier alpha value is -0.790. The van der Waals surface area contributed by atoms with Crippen LogP contribution in [-0.4, -0.2) is 56.6 Å². The van der Waals surface area contributed by atoms with Gasteiger partial charge in [-0.3, -0.25) is 9.69 Å². The molecular formula is C19H34Cl3FN4O. The van der Waals surface area contributed by atoms with E-state index < -0.39 is 0 Å². The molecule has 1 heterocycles. The lowest BCUT2D eigenvalue weighted by Crippen LogP contribution is -2.48. The predicted octanol–water partition coefficient (Wildman–Crippen LogP) is 3.24. The van der Waals surface area contributed by atoms with Gasteiger partial charge < -0.3 is 16.0 Å². The maximum Gasteiger partial charge on any atom is 0.220 e. The third kappa shape index (κ3) is 11.3. The fraction of sp³-hybridized carbons (Fsp3) is 0.632. The van der Waals surface area contributed by atoms with Crippen LogP contribution in [0.25, 0.3) is 0 Å². The number of nitrogens with one attached hydrogen (secondary N) is 1. The molecule has 1 aromatic carbocycles. The number of piperazine rings is 1. The summed E-state index contributed by atoms with van der Waals surface area (Å²) >= 11 is 0. The smallest absolute Gasteiger partial charge is 0.220 e. The molecule has 1 fully saturated rings. The van der Waals surface area contributed by atoms with E-state index in [0.717, 1.165) is 70.6 Å². The molecule has 3 N–H and O–H groups in total. The monoisotopic (exact) mass is 458 g/mol. The number of hydrogen-bond acceptors (Lipinski definition) is 4. The minimum absolute atomic E-state index is 0. The molecule has 0 radical (unpaired) electrons. The van der Waals surface area contributed by atoms with Crippen molar-refractivity contribution in [3.8, 4) is 0 Å². The summed E-state index contributed by atoms with van der Waals surface area (Å²) in [5.41, 5.74) is 6.53. The molecule has 28 heavy (non-hydrogen) atoms. The molecule has 9 heteroatoms. The molecule has 1 aliphatic heterocycles. The second kappa shape index (κ2) is 17.1. The zero-order chi connectivity index (χ0) is 17.9. The number of carbonyl (C=O) groups excluding carboxylic acids is 1. The summed E-state index contributed by atoms with van der Waals surface area (Å²) in [6.45, 7) is 6.12. The number of nitrogens with two attached hydrogens (primary N) is 1. The molecule has 1 saturated heterocycles. The van der Waals surface area contributed by atoms with Gasteiger partial charge in [0.25, 0.3) is 0 Å².